The molecule has 0 unspecified atom stereocenters. The van der Waals surface area contributed by atoms with E-state index in [-0.39, 0.29) is 5.24 Å². The zero-order chi connectivity index (χ0) is 20.1. The number of hydrogen-bond acceptors (Lipinski definition) is 3. The minimum absolute atomic E-state index is 0.110. The van der Waals surface area contributed by atoms with E-state index in [0.717, 1.165) is 37.1 Å². The molecular formula is C23H29ClN2OS. The first-order valence-electron chi connectivity index (χ1n) is 9.86. The number of carbonyl (C=O) groups excluding carboxylic acids is 1. The maximum Gasteiger partial charge on any atom is 0.286 e. The summed E-state index contributed by atoms with van der Waals surface area (Å²) in [7, 11) is 6.13. The van der Waals surface area contributed by atoms with Gasteiger partial charge in [-0.3, -0.25) is 4.79 Å². The van der Waals surface area contributed by atoms with Crippen LogP contribution in [0.15, 0.2) is 53.4 Å². The highest BCUT2D eigenvalue weighted by molar-refractivity contribution is 8.13. The Balaban J connectivity index is 1.51. The van der Waals surface area contributed by atoms with Crippen LogP contribution in [0.4, 0.5) is 4.79 Å². The van der Waals surface area contributed by atoms with Crippen LogP contribution in [0.2, 0.25) is 5.02 Å². The number of nitrogens with zero attached hydrogens (tertiary/aromatic N) is 2. The highest BCUT2D eigenvalue weighted by Crippen LogP contribution is 2.36. The Morgan fingerprint density at radius 2 is 1.57 bits per heavy atom. The van der Waals surface area contributed by atoms with Crippen LogP contribution in [0.25, 0.3) is 0 Å². The van der Waals surface area contributed by atoms with Gasteiger partial charge in [0.15, 0.2) is 0 Å². The van der Waals surface area contributed by atoms with E-state index in [1.54, 1.807) is 0 Å². The van der Waals surface area contributed by atoms with Gasteiger partial charge in [0.2, 0.25) is 0 Å². The number of thioether (sulfide) groups is 1. The fourth-order valence-electron chi connectivity index (χ4n) is 3.88. The van der Waals surface area contributed by atoms with E-state index in [9.17, 15) is 4.79 Å². The molecule has 0 radical (unpaired) electrons. The first kappa shape index (κ1) is 21.2. The van der Waals surface area contributed by atoms with E-state index < -0.39 is 0 Å². The lowest BCUT2D eigenvalue weighted by atomic mass is 9.81. The molecule has 0 heterocycles. The molecule has 2 aromatic rings. The van der Waals surface area contributed by atoms with E-state index in [4.69, 9.17) is 11.6 Å². The first-order chi connectivity index (χ1) is 13.4. The Bertz CT molecular complexity index is 768. The topological polar surface area (TPSA) is 23.6 Å². The van der Waals surface area contributed by atoms with Gasteiger partial charge in [0.25, 0.3) is 5.24 Å². The standard InChI is InChI=1S/C23H29ClN2OS/c1-25(2)16-17-4-6-18(7-5-17)19-8-12-21(13-9-19)26(3)23(27)28-22-14-10-20(24)11-15-22/h4-7,10-11,14-15,19,21H,8-9,12-13,16H2,1-3H3. The van der Waals surface area contributed by atoms with Gasteiger partial charge in [0.05, 0.1) is 0 Å². The Morgan fingerprint density at radius 3 is 2.14 bits per heavy atom. The third-order valence-electron chi connectivity index (χ3n) is 5.50. The molecule has 1 fully saturated rings. The fraction of sp³-hybridized carbons (Fsp3) is 0.435. The van der Waals surface area contributed by atoms with E-state index in [1.807, 2.05) is 36.2 Å². The van der Waals surface area contributed by atoms with Crippen molar-refractivity contribution in [3.63, 3.8) is 0 Å². The molecule has 1 aliphatic carbocycles. The smallest absolute Gasteiger partial charge is 0.286 e. The van der Waals surface area contributed by atoms with Gasteiger partial charge in [-0.1, -0.05) is 35.9 Å². The summed E-state index contributed by atoms with van der Waals surface area (Å²) in [6, 6.07) is 16.9. The normalized spacial score (nSPS) is 19.6. The van der Waals surface area contributed by atoms with Crippen molar-refractivity contribution in [1.29, 1.82) is 0 Å². The van der Waals surface area contributed by atoms with Crippen LogP contribution in [0, 0.1) is 0 Å². The van der Waals surface area contributed by atoms with Gasteiger partial charge in [-0.15, -0.1) is 0 Å². The summed E-state index contributed by atoms with van der Waals surface area (Å²) in [5.41, 5.74) is 2.79. The van der Waals surface area contributed by atoms with Gasteiger partial charge < -0.3 is 9.80 Å². The molecule has 150 valence electrons. The number of hydrogen-bond donors (Lipinski definition) is 0. The number of halogens is 1. The van der Waals surface area contributed by atoms with Crippen molar-refractivity contribution >= 4 is 28.6 Å². The lowest BCUT2D eigenvalue weighted by molar-refractivity contribution is 0.191. The van der Waals surface area contributed by atoms with Crippen molar-refractivity contribution < 1.29 is 4.79 Å². The molecule has 1 amide bonds. The predicted molar refractivity (Wildman–Crippen MR) is 119 cm³/mol. The Kier molecular flexibility index (Phi) is 7.44. The third-order valence-corrected chi connectivity index (χ3v) is 6.72. The second-order valence-corrected chi connectivity index (χ2v) is 9.38. The third kappa shape index (κ3) is 5.76. The summed E-state index contributed by atoms with van der Waals surface area (Å²) in [4.78, 5) is 17.7. The molecule has 1 aliphatic rings. The van der Waals surface area contributed by atoms with Gasteiger partial charge in [-0.25, -0.2) is 0 Å². The second kappa shape index (κ2) is 9.82. The molecule has 0 aliphatic heterocycles. The monoisotopic (exact) mass is 416 g/mol. The lowest BCUT2D eigenvalue weighted by Crippen LogP contribution is -2.37. The van der Waals surface area contributed by atoms with Crippen molar-refractivity contribution in [2.45, 2.75) is 49.1 Å². The van der Waals surface area contributed by atoms with Crippen molar-refractivity contribution in [3.05, 3.63) is 64.7 Å². The van der Waals surface area contributed by atoms with E-state index in [0.29, 0.717) is 17.0 Å². The quantitative estimate of drug-likeness (QED) is 0.536. The fourth-order valence-corrected chi connectivity index (χ4v) is 4.77. The van der Waals surface area contributed by atoms with Crippen LogP contribution in [0.3, 0.4) is 0 Å². The van der Waals surface area contributed by atoms with E-state index >= 15 is 0 Å². The Labute approximate surface area is 178 Å². The molecule has 0 aromatic heterocycles. The number of carbonyl (C=O) groups is 1. The molecule has 28 heavy (non-hydrogen) atoms. The van der Waals surface area contributed by atoms with Crippen molar-refractivity contribution in [1.82, 2.24) is 9.80 Å². The average molecular weight is 417 g/mol. The molecule has 0 bridgehead atoms. The highest BCUT2D eigenvalue weighted by atomic mass is 35.5. The SMILES string of the molecule is CN(C)Cc1ccc(C2CCC(N(C)C(=O)Sc3ccc(Cl)cc3)CC2)cc1. The van der Waals surface area contributed by atoms with Crippen molar-refractivity contribution in [3.8, 4) is 0 Å². The zero-order valence-electron chi connectivity index (χ0n) is 16.9. The summed E-state index contributed by atoms with van der Waals surface area (Å²) in [6.45, 7) is 0.977. The highest BCUT2D eigenvalue weighted by Gasteiger charge is 2.27. The molecule has 1 saturated carbocycles. The summed E-state index contributed by atoms with van der Waals surface area (Å²) >= 11 is 7.20. The molecule has 0 saturated heterocycles. The van der Waals surface area contributed by atoms with Crippen LogP contribution in [0.1, 0.15) is 42.7 Å². The molecule has 3 nitrogen and oxygen atoms in total. The van der Waals surface area contributed by atoms with Crippen LogP contribution in [-0.4, -0.2) is 42.2 Å². The molecule has 0 N–H and O–H groups in total. The van der Waals surface area contributed by atoms with E-state index in [2.05, 4.69) is 43.3 Å². The van der Waals surface area contributed by atoms with Crippen molar-refractivity contribution in [2.24, 2.45) is 0 Å². The second-order valence-electron chi connectivity index (χ2n) is 7.92. The average Bonchev–Trinajstić information content (AvgIpc) is 2.69. The minimum atomic E-state index is 0.110. The predicted octanol–water partition coefficient (Wildman–Crippen LogP) is 6.27. The summed E-state index contributed by atoms with van der Waals surface area (Å²) in [5.74, 6) is 0.608. The number of benzene rings is 2. The zero-order valence-corrected chi connectivity index (χ0v) is 18.5. The van der Waals surface area contributed by atoms with Gasteiger partial charge in [0.1, 0.15) is 0 Å². The molecule has 5 heteroatoms. The van der Waals surface area contributed by atoms with Gasteiger partial charge in [0, 0.05) is 29.6 Å². The van der Waals surface area contributed by atoms with Crippen LogP contribution in [0.5, 0.6) is 0 Å². The summed E-state index contributed by atoms with van der Waals surface area (Å²) in [6.07, 6.45) is 4.41. The molecule has 0 spiro atoms. The van der Waals surface area contributed by atoms with Gasteiger partial charge in [-0.2, -0.15) is 0 Å². The summed E-state index contributed by atoms with van der Waals surface area (Å²) in [5, 5.41) is 0.803. The van der Waals surface area contributed by atoms with Gasteiger partial charge >= 0.3 is 0 Å². The van der Waals surface area contributed by atoms with E-state index in [1.165, 1.54) is 22.9 Å². The first-order valence-corrected chi connectivity index (χ1v) is 11.1. The molecule has 2 aromatic carbocycles. The Hall–Kier alpha value is -1.49. The minimum Gasteiger partial charge on any atom is -0.333 e. The maximum absolute atomic E-state index is 12.6. The largest absolute Gasteiger partial charge is 0.333 e. The van der Waals surface area contributed by atoms with Crippen molar-refractivity contribution in [2.75, 3.05) is 21.1 Å². The van der Waals surface area contributed by atoms with Gasteiger partial charge in [-0.05, 0) is 92.9 Å². The molecule has 0 atom stereocenters. The van der Waals surface area contributed by atoms with Crippen LogP contribution in [-0.2, 0) is 6.54 Å². The Morgan fingerprint density at radius 1 is 0.964 bits per heavy atom. The van der Waals surface area contributed by atoms with Crippen LogP contribution >= 0.6 is 23.4 Å². The maximum atomic E-state index is 12.6. The van der Waals surface area contributed by atoms with Crippen LogP contribution < -0.4 is 0 Å². The number of amides is 1. The molecule has 3 rings (SSSR count). The summed E-state index contributed by atoms with van der Waals surface area (Å²) < 4.78 is 0. The number of rotatable bonds is 5. The lowest BCUT2D eigenvalue weighted by Gasteiger charge is -2.34. The molecular weight excluding hydrogens is 388 g/mol.